The Kier molecular flexibility index (Phi) is 6.09. The van der Waals surface area contributed by atoms with Crippen LogP contribution in [-0.2, 0) is 6.54 Å². The van der Waals surface area contributed by atoms with Crippen molar-refractivity contribution in [2.24, 2.45) is 5.92 Å². The molecule has 0 amide bonds. The molecule has 0 unspecified atom stereocenters. The number of aliphatic hydroxyl groups is 1. The molecule has 0 aliphatic heterocycles. The Labute approximate surface area is 193 Å². The largest absolute Gasteiger partial charge is 0.510 e. The molecule has 7 nitrogen and oxygen atoms in total. The van der Waals surface area contributed by atoms with Crippen LogP contribution in [0.5, 0.6) is 0 Å². The molecule has 0 bridgehead atoms. The fourth-order valence-electron chi connectivity index (χ4n) is 3.48. The molecular formula is C23H23N5O2S2. The predicted molar refractivity (Wildman–Crippen MR) is 130 cm³/mol. The molecule has 9 heteroatoms. The third-order valence-corrected chi connectivity index (χ3v) is 7.25. The van der Waals surface area contributed by atoms with Crippen LogP contribution in [0.3, 0.4) is 0 Å². The van der Waals surface area contributed by atoms with E-state index >= 15 is 0 Å². The second-order valence-electron chi connectivity index (χ2n) is 7.99. The maximum Gasteiger partial charge on any atom is 0.263 e. The molecule has 0 radical (unpaired) electrons. The molecule has 0 spiro atoms. The fourth-order valence-corrected chi connectivity index (χ4v) is 5.43. The van der Waals surface area contributed by atoms with Gasteiger partial charge >= 0.3 is 0 Å². The summed E-state index contributed by atoms with van der Waals surface area (Å²) < 4.78 is 1.68. The number of aromatic amines is 1. The lowest BCUT2D eigenvalue weighted by Crippen LogP contribution is -2.25. The molecule has 0 aliphatic rings. The zero-order valence-electron chi connectivity index (χ0n) is 18.3. The summed E-state index contributed by atoms with van der Waals surface area (Å²) in [6, 6.07) is 9.49. The van der Waals surface area contributed by atoms with Gasteiger partial charge in [-0.3, -0.25) is 9.36 Å². The highest BCUT2D eigenvalue weighted by Crippen LogP contribution is 2.30. The summed E-state index contributed by atoms with van der Waals surface area (Å²) in [7, 11) is 0. The molecule has 0 aliphatic carbocycles. The first-order chi connectivity index (χ1) is 15.3. The van der Waals surface area contributed by atoms with Crippen molar-refractivity contribution in [3.8, 4) is 6.07 Å². The number of rotatable bonds is 6. The van der Waals surface area contributed by atoms with Gasteiger partial charge in [-0.15, -0.1) is 11.3 Å². The summed E-state index contributed by atoms with van der Waals surface area (Å²) in [5.41, 5.74) is 2.50. The number of imidazole rings is 1. The van der Waals surface area contributed by atoms with E-state index in [2.05, 4.69) is 9.97 Å². The Morgan fingerprint density at radius 1 is 1.31 bits per heavy atom. The number of para-hydroxylation sites is 2. The second kappa shape index (κ2) is 8.81. The quantitative estimate of drug-likeness (QED) is 0.176. The number of nitriles is 1. The van der Waals surface area contributed by atoms with E-state index in [1.165, 1.54) is 23.1 Å². The minimum atomic E-state index is -0.111. The van der Waals surface area contributed by atoms with Crippen molar-refractivity contribution in [2.75, 3.05) is 5.75 Å². The number of aryl methyl sites for hydroxylation is 2. The summed E-state index contributed by atoms with van der Waals surface area (Å²) in [5, 5.41) is 21.6. The summed E-state index contributed by atoms with van der Waals surface area (Å²) in [6.45, 7) is 8.55. The van der Waals surface area contributed by atoms with Crippen LogP contribution in [0.1, 0.15) is 30.1 Å². The number of hydrogen-bond donors (Lipinski definition) is 2. The normalized spacial score (nSPS) is 12.5. The van der Waals surface area contributed by atoms with Gasteiger partial charge in [0.05, 0.1) is 22.2 Å². The van der Waals surface area contributed by atoms with Crippen molar-refractivity contribution in [3.05, 3.63) is 56.6 Å². The molecule has 1 aromatic carbocycles. The van der Waals surface area contributed by atoms with Crippen molar-refractivity contribution in [1.82, 2.24) is 19.5 Å². The highest BCUT2D eigenvalue weighted by atomic mass is 32.2. The lowest BCUT2D eigenvalue weighted by atomic mass is 10.2. The average Bonchev–Trinajstić information content (AvgIpc) is 3.29. The number of aromatic nitrogens is 4. The van der Waals surface area contributed by atoms with Crippen molar-refractivity contribution in [1.29, 1.82) is 5.26 Å². The van der Waals surface area contributed by atoms with Gasteiger partial charge in [0, 0.05) is 11.4 Å². The SMILES string of the molecule is Cc1sc2nc(SC/C(O)=C(\C#N)c3nc4ccccc4[nH]3)n(CC(C)C)c(=O)c2c1C. The average molecular weight is 466 g/mol. The molecule has 164 valence electrons. The first kappa shape index (κ1) is 22.1. The summed E-state index contributed by atoms with van der Waals surface area (Å²) in [5.74, 6) is 0.555. The lowest BCUT2D eigenvalue weighted by molar-refractivity contribution is 0.420. The second-order valence-corrected chi connectivity index (χ2v) is 10.1. The van der Waals surface area contributed by atoms with E-state index in [4.69, 9.17) is 4.98 Å². The minimum Gasteiger partial charge on any atom is -0.510 e. The van der Waals surface area contributed by atoms with Gasteiger partial charge in [-0.05, 0) is 37.5 Å². The summed E-state index contributed by atoms with van der Waals surface area (Å²) >= 11 is 2.74. The molecule has 3 aromatic heterocycles. The van der Waals surface area contributed by atoms with Crippen molar-refractivity contribution in [2.45, 2.75) is 39.4 Å². The Morgan fingerprint density at radius 2 is 2.06 bits per heavy atom. The first-order valence-electron chi connectivity index (χ1n) is 10.2. The Morgan fingerprint density at radius 3 is 2.75 bits per heavy atom. The van der Waals surface area contributed by atoms with Crippen molar-refractivity contribution < 1.29 is 5.11 Å². The molecule has 32 heavy (non-hydrogen) atoms. The van der Waals surface area contributed by atoms with Crippen LogP contribution in [0.2, 0.25) is 0 Å². The van der Waals surface area contributed by atoms with Gasteiger partial charge in [0.2, 0.25) is 0 Å². The molecule has 4 rings (SSSR count). The number of aliphatic hydroxyl groups excluding tert-OH is 1. The van der Waals surface area contributed by atoms with E-state index in [1.54, 1.807) is 4.57 Å². The van der Waals surface area contributed by atoms with Gasteiger partial charge in [0.1, 0.15) is 22.2 Å². The van der Waals surface area contributed by atoms with Crippen LogP contribution < -0.4 is 5.56 Å². The third kappa shape index (κ3) is 4.04. The summed E-state index contributed by atoms with van der Waals surface area (Å²) in [6.07, 6.45) is 0. The monoisotopic (exact) mass is 465 g/mol. The molecule has 3 heterocycles. The Bertz CT molecular complexity index is 1420. The molecule has 4 aromatic rings. The topological polar surface area (TPSA) is 108 Å². The van der Waals surface area contributed by atoms with Crippen LogP contribution >= 0.6 is 23.1 Å². The number of benzene rings is 1. The molecule has 0 fully saturated rings. The van der Waals surface area contributed by atoms with Crippen molar-refractivity contribution >= 4 is 49.9 Å². The van der Waals surface area contributed by atoms with Crippen LogP contribution in [0.25, 0.3) is 26.8 Å². The van der Waals surface area contributed by atoms with Crippen LogP contribution in [0, 0.1) is 31.1 Å². The van der Waals surface area contributed by atoms with Crippen LogP contribution in [0.4, 0.5) is 0 Å². The minimum absolute atomic E-state index is 0.0608. The number of thiophene rings is 1. The highest BCUT2D eigenvalue weighted by molar-refractivity contribution is 7.99. The van der Waals surface area contributed by atoms with Crippen LogP contribution in [-0.4, -0.2) is 30.4 Å². The summed E-state index contributed by atoms with van der Waals surface area (Å²) in [4.78, 5) is 27.2. The molecule has 2 N–H and O–H groups in total. The number of fused-ring (bicyclic) bond motifs is 2. The van der Waals surface area contributed by atoms with Gasteiger partial charge in [-0.25, -0.2) is 9.97 Å². The Balaban J connectivity index is 1.72. The van der Waals surface area contributed by atoms with E-state index in [1.807, 2.05) is 58.0 Å². The van der Waals surface area contributed by atoms with E-state index < -0.39 is 0 Å². The smallest absolute Gasteiger partial charge is 0.263 e. The van der Waals surface area contributed by atoms with E-state index in [9.17, 15) is 15.2 Å². The maximum atomic E-state index is 13.2. The van der Waals surface area contributed by atoms with E-state index in [0.717, 1.165) is 21.5 Å². The van der Waals surface area contributed by atoms with Gasteiger partial charge in [-0.1, -0.05) is 37.7 Å². The standard InChI is InChI=1S/C23H23N5O2S2/c1-12(2)10-28-22(30)19-13(3)14(4)32-21(19)27-23(28)31-11-18(29)15(9-24)20-25-16-7-5-6-8-17(16)26-20/h5-8,12,29H,10-11H2,1-4H3,(H,25,26)/b18-15-. The van der Waals surface area contributed by atoms with Gasteiger partial charge < -0.3 is 10.1 Å². The third-order valence-electron chi connectivity index (χ3n) is 5.17. The zero-order valence-corrected chi connectivity index (χ0v) is 19.9. The molecule has 0 atom stereocenters. The first-order valence-corrected chi connectivity index (χ1v) is 12.0. The highest BCUT2D eigenvalue weighted by Gasteiger charge is 2.19. The number of nitrogens with zero attached hydrogens (tertiary/aromatic N) is 4. The predicted octanol–water partition coefficient (Wildman–Crippen LogP) is 5.19. The number of H-pyrrole nitrogens is 1. The number of hydrogen-bond acceptors (Lipinski definition) is 7. The Hall–Kier alpha value is -3.09. The van der Waals surface area contributed by atoms with E-state index in [-0.39, 0.29) is 28.6 Å². The molecular weight excluding hydrogens is 442 g/mol. The molecule has 0 saturated carbocycles. The fraction of sp³-hybridized carbons (Fsp3) is 0.304. The van der Waals surface area contributed by atoms with Gasteiger partial charge in [0.25, 0.3) is 5.56 Å². The number of nitrogens with one attached hydrogen (secondary N) is 1. The van der Waals surface area contributed by atoms with Gasteiger partial charge in [-0.2, -0.15) is 5.26 Å². The van der Waals surface area contributed by atoms with Crippen molar-refractivity contribution in [3.63, 3.8) is 0 Å². The van der Waals surface area contributed by atoms with Crippen LogP contribution in [0.15, 0.2) is 40.0 Å². The lowest BCUT2D eigenvalue weighted by Gasteiger charge is -2.14. The maximum absolute atomic E-state index is 13.2. The van der Waals surface area contributed by atoms with E-state index in [0.29, 0.717) is 27.7 Å². The molecule has 0 saturated heterocycles. The zero-order chi connectivity index (χ0) is 23.0. The number of allylic oxidation sites excluding steroid dienone is 1. The number of thioether (sulfide) groups is 1. The van der Waals surface area contributed by atoms with Gasteiger partial charge in [0.15, 0.2) is 11.0 Å².